The van der Waals surface area contributed by atoms with E-state index < -0.39 is 25.5 Å². The van der Waals surface area contributed by atoms with Gasteiger partial charge in [0.15, 0.2) is 0 Å². The number of halogens is 1. The smallest absolute Gasteiger partial charge is 0.267 e. The zero-order chi connectivity index (χ0) is 12.3. The molecule has 0 spiro atoms. The normalized spacial score (nSPS) is 11.6. The van der Waals surface area contributed by atoms with Crippen LogP contribution in [0, 0.1) is 10.1 Å². The number of aromatic nitrogens is 2. The summed E-state index contributed by atoms with van der Waals surface area (Å²) < 4.78 is 24.5. The van der Waals surface area contributed by atoms with Gasteiger partial charge in [-0.3, -0.25) is 14.8 Å². The molecule has 0 aromatic carbocycles. The van der Waals surface area contributed by atoms with Crippen molar-refractivity contribution in [2.45, 2.75) is 11.4 Å². The highest BCUT2D eigenvalue weighted by molar-refractivity contribution is 7.91. The van der Waals surface area contributed by atoms with Crippen molar-refractivity contribution in [2.24, 2.45) is 7.05 Å². The van der Waals surface area contributed by atoms with Gasteiger partial charge in [-0.15, -0.1) is 11.6 Å². The number of nitrogens with zero attached hydrogens (tertiary/aromatic N) is 3. The Morgan fingerprint density at radius 2 is 2.25 bits per heavy atom. The fraction of sp³-hybridized carbons (Fsp3) is 0.571. The van der Waals surface area contributed by atoms with Gasteiger partial charge in [0, 0.05) is 12.9 Å². The molecular formula is C7H10ClN3O4S. The maximum Gasteiger partial charge on any atom is 0.325 e. The molecule has 1 heterocycles. The SMILES string of the molecule is Cn1cc([N+](=O)[O-])c(S(=O)(=O)CCCCl)n1. The van der Waals surface area contributed by atoms with Crippen LogP contribution in [0.3, 0.4) is 0 Å². The lowest BCUT2D eigenvalue weighted by Gasteiger charge is -1.98. The van der Waals surface area contributed by atoms with Crippen LogP contribution in [0.5, 0.6) is 0 Å². The zero-order valence-electron chi connectivity index (χ0n) is 8.46. The summed E-state index contributed by atoms with van der Waals surface area (Å²) in [6.07, 6.45) is 1.30. The van der Waals surface area contributed by atoms with Crippen molar-refractivity contribution in [2.75, 3.05) is 11.6 Å². The average Bonchev–Trinajstić information content (AvgIpc) is 2.58. The summed E-state index contributed by atoms with van der Waals surface area (Å²) in [6, 6.07) is 0. The van der Waals surface area contributed by atoms with Crippen LogP contribution in [0.15, 0.2) is 11.2 Å². The van der Waals surface area contributed by atoms with Crippen molar-refractivity contribution in [3.8, 4) is 0 Å². The van der Waals surface area contributed by atoms with Gasteiger partial charge in [-0.05, 0) is 6.42 Å². The monoisotopic (exact) mass is 267 g/mol. The molecule has 0 fully saturated rings. The van der Waals surface area contributed by atoms with E-state index in [2.05, 4.69) is 5.10 Å². The first kappa shape index (κ1) is 12.9. The Morgan fingerprint density at radius 3 is 2.75 bits per heavy atom. The van der Waals surface area contributed by atoms with Crippen LogP contribution in [-0.2, 0) is 16.9 Å². The summed E-state index contributed by atoms with van der Waals surface area (Å²) in [6.45, 7) is 0. The topological polar surface area (TPSA) is 95.1 Å². The second-order valence-electron chi connectivity index (χ2n) is 3.11. The lowest BCUT2D eigenvalue weighted by atomic mass is 10.6. The number of aryl methyl sites for hydroxylation is 1. The zero-order valence-corrected chi connectivity index (χ0v) is 10.0. The van der Waals surface area contributed by atoms with Crippen LogP contribution in [0.1, 0.15) is 6.42 Å². The second-order valence-corrected chi connectivity index (χ2v) is 5.51. The first-order valence-electron chi connectivity index (χ1n) is 4.35. The van der Waals surface area contributed by atoms with Crippen LogP contribution in [-0.4, -0.2) is 34.8 Å². The molecule has 0 unspecified atom stereocenters. The Kier molecular flexibility index (Phi) is 3.87. The van der Waals surface area contributed by atoms with E-state index in [1.807, 2.05) is 0 Å². The summed E-state index contributed by atoms with van der Waals surface area (Å²) in [5.74, 6) is -0.0613. The van der Waals surface area contributed by atoms with Gasteiger partial charge >= 0.3 is 5.69 Å². The maximum atomic E-state index is 11.7. The minimum absolute atomic E-state index is 0.180. The van der Waals surface area contributed by atoms with Gasteiger partial charge in [0.05, 0.1) is 10.7 Å². The van der Waals surface area contributed by atoms with Gasteiger partial charge in [0.1, 0.15) is 6.20 Å². The Balaban J connectivity index is 3.17. The molecule has 16 heavy (non-hydrogen) atoms. The summed E-state index contributed by atoms with van der Waals surface area (Å²) in [7, 11) is -2.31. The molecule has 0 bridgehead atoms. The first-order valence-corrected chi connectivity index (χ1v) is 6.54. The molecule has 0 atom stereocenters. The molecule has 0 N–H and O–H groups in total. The molecule has 7 nitrogen and oxygen atoms in total. The summed E-state index contributed by atoms with van der Waals surface area (Å²) in [5, 5.41) is 13.7. The molecule has 1 aromatic heterocycles. The predicted molar refractivity (Wildman–Crippen MR) is 57.3 cm³/mol. The molecule has 0 aliphatic heterocycles. The van der Waals surface area contributed by atoms with E-state index in [4.69, 9.17) is 11.6 Å². The lowest BCUT2D eigenvalue weighted by Crippen LogP contribution is -2.10. The van der Waals surface area contributed by atoms with Gasteiger partial charge in [0.25, 0.3) is 5.03 Å². The summed E-state index contributed by atoms with van der Waals surface area (Å²) in [4.78, 5) is 9.85. The minimum atomic E-state index is -3.74. The minimum Gasteiger partial charge on any atom is -0.267 e. The van der Waals surface area contributed by atoms with E-state index >= 15 is 0 Å². The van der Waals surface area contributed by atoms with Gasteiger partial charge in [-0.25, -0.2) is 8.42 Å². The van der Waals surface area contributed by atoms with E-state index in [1.165, 1.54) is 7.05 Å². The third-order valence-electron chi connectivity index (χ3n) is 1.81. The lowest BCUT2D eigenvalue weighted by molar-refractivity contribution is -0.387. The van der Waals surface area contributed by atoms with E-state index in [0.29, 0.717) is 0 Å². The van der Waals surface area contributed by atoms with E-state index in [0.717, 1.165) is 10.9 Å². The van der Waals surface area contributed by atoms with Crippen LogP contribution < -0.4 is 0 Å². The van der Waals surface area contributed by atoms with Crippen molar-refractivity contribution in [3.05, 3.63) is 16.3 Å². The first-order chi connectivity index (χ1) is 7.38. The molecule has 0 saturated carbocycles. The Labute approximate surface area is 97.1 Å². The molecule has 0 aliphatic rings. The van der Waals surface area contributed by atoms with E-state index in [1.54, 1.807) is 0 Å². The van der Waals surface area contributed by atoms with Crippen LogP contribution in [0.4, 0.5) is 5.69 Å². The third-order valence-corrected chi connectivity index (χ3v) is 3.79. The highest BCUT2D eigenvalue weighted by Gasteiger charge is 2.29. The molecule has 0 radical (unpaired) electrons. The summed E-state index contributed by atoms with van der Waals surface area (Å²) >= 11 is 5.38. The van der Waals surface area contributed by atoms with Crippen molar-refractivity contribution in [1.29, 1.82) is 0 Å². The molecule has 0 aliphatic carbocycles. The molecule has 90 valence electrons. The standard InChI is InChI=1S/C7H10ClN3O4S/c1-10-5-6(11(12)13)7(9-10)16(14,15)4-2-3-8/h5H,2-4H2,1H3. The molecule has 1 rings (SSSR count). The number of nitro groups is 1. The number of alkyl halides is 1. The molecule has 0 amide bonds. The van der Waals surface area contributed by atoms with Crippen LogP contribution in [0.25, 0.3) is 0 Å². The molecule has 9 heteroatoms. The van der Waals surface area contributed by atoms with E-state index in [-0.39, 0.29) is 18.1 Å². The van der Waals surface area contributed by atoms with Crippen LogP contribution >= 0.6 is 11.6 Å². The average molecular weight is 268 g/mol. The molecular weight excluding hydrogens is 258 g/mol. The van der Waals surface area contributed by atoms with Crippen LogP contribution in [0.2, 0.25) is 0 Å². The van der Waals surface area contributed by atoms with Crippen molar-refractivity contribution >= 4 is 27.1 Å². The fourth-order valence-corrected chi connectivity index (χ4v) is 2.85. The Bertz CT molecular complexity index is 496. The Morgan fingerprint density at radius 1 is 1.62 bits per heavy atom. The molecule has 0 saturated heterocycles. The van der Waals surface area contributed by atoms with Crippen molar-refractivity contribution in [3.63, 3.8) is 0 Å². The third kappa shape index (κ3) is 2.70. The largest absolute Gasteiger partial charge is 0.325 e. The number of sulfone groups is 1. The van der Waals surface area contributed by atoms with Gasteiger partial charge in [-0.1, -0.05) is 0 Å². The fourth-order valence-electron chi connectivity index (χ4n) is 1.14. The molecule has 1 aromatic rings. The maximum absolute atomic E-state index is 11.7. The second kappa shape index (κ2) is 4.79. The Hall–Kier alpha value is -1.15. The predicted octanol–water partition coefficient (Wildman–Crippen LogP) is 0.731. The van der Waals surface area contributed by atoms with Gasteiger partial charge in [-0.2, -0.15) is 5.10 Å². The van der Waals surface area contributed by atoms with Crippen molar-refractivity contribution in [1.82, 2.24) is 9.78 Å². The highest BCUT2D eigenvalue weighted by atomic mass is 35.5. The van der Waals surface area contributed by atoms with E-state index in [9.17, 15) is 18.5 Å². The quantitative estimate of drug-likeness (QED) is 0.445. The number of rotatable bonds is 5. The highest BCUT2D eigenvalue weighted by Crippen LogP contribution is 2.22. The van der Waals surface area contributed by atoms with Gasteiger partial charge in [0.2, 0.25) is 9.84 Å². The van der Waals surface area contributed by atoms with Crippen molar-refractivity contribution < 1.29 is 13.3 Å². The summed E-state index contributed by atoms with van der Waals surface area (Å²) in [5.41, 5.74) is -0.503. The number of hydrogen-bond donors (Lipinski definition) is 0. The number of hydrogen-bond acceptors (Lipinski definition) is 5. The van der Waals surface area contributed by atoms with Gasteiger partial charge < -0.3 is 0 Å².